The summed E-state index contributed by atoms with van der Waals surface area (Å²) in [6.45, 7) is 15.8. The minimum atomic E-state index is -0.650. The van der Waals surface area contributed by atoms with Crippen LogP contribution in [-0.2, 0) is 14.3 Å². The summed E-state index contributed by atoms with van der Waals surface area (Å²) >= 11 is 0. The second-order valence-corrected chi connectivity index (χ2v) is 4.10. The Kier molecular flexibility index (Phi) is 7.96. The van der Waals surface area contributed by atoms with Gasteiger partial charge in [0.2, 0.25) is 0 Å². The molecule has 0 aromatic heterocycles. The fraction of sp³-hybridized carbons (Fsp3) is 0.571. The molecule has 0 aromatic rings. The van der Waals surface area contributed by atoms with Gasteiger partial charge in [-0.2, -0.15) is 0 Å². The average molecular weight is 253 g/mol. The van der Waals surface area contributed by atoms with Crippen LogP contribution in [0.3, 0.4) is 0 Å². The quantitative estimate of drug-likeness (QED) is 0.207. The third-order valence-corrected chi connectivity index (χ3v) is 2.65. The fourth-order valence-corrected chi connectivity index (χ4v) is 1.43. The van der Waals surface area contributed by atoms with Crippen LogP contribution in [0.15, 0.2) is 24.3 Å². The molecule has 0 heterocycles. The average Bonchev–Trinajstić information content (AvgIpc) is 2.36. The smallest absolute Gasteiger partial charge is 0.341 e. The second kappa shape index (κ2) is 8.64. The van der Waals surface area contributed by atoms with Crippen LogP contribution in [0.5, 0.6) is 0 Å². The van der Waals surface area contributed by atoms with E-state index in [4.69, 9.17) is 4.74 Å². The second-order valence-electron chi connectivity index (χ2n) is 4.10. The predicted molar refractivity (Wildman–Crippen MR) is 72.3 cm³/mol. The van der Waals surface area contributed by atoms with E-state index in [2.05, 4.69) is 31.9 Å². The van der Waals surface area contributed by atoms with Gasteiger partial charge in [0.1, 0.15) is 0 Å². The lowest BCUT2D eigenvalue weighted by atomic mass is 10.1. The van der Waals surface area contributed by atoms with Gasteiger partial charge >= 0.3 is 5.97 Å². The first-order chi connectivity index (χ1) is 8.43. The lowest BCUT2D eigenvalue weighted by Crippen LogP contribution is -2.25. The Morgan fingerprint density at radius 3 is 2.17 bits per heavy atom. The molecule has 0 aromatic carbocycles. The van der Waals surface area contributed by atoms with Crippen LogP contribution in [0.2, 0.25) is 0 Å². The maximum atomic E-state index is 11.5. The maximum Gasteiger partial charge on any atom is 0.341 e. The van der Waals surface area contributed by atoms with Gasteiger partial charge < -0.3 is 9.64 Å². The topological polar surface area (TPSA) is 46.6 Å². The van der Waals surface area contributed by atoms with E-state index in [0.717, 1.165) is 26.1 Å². The van der Waals surface area contributed by atoms with E-state index in [0.29, 0.717) is 12.2 Å². The van der Waals surface area contributed by atoms with E-state index in [1.807, 2.05) is 0 Å². The summed E-state index contributed by atoms with van der Waals surface area (Å²) in [6, 6.07) is 0. The highest BCUT2D eigenvalue weighted by Crippen LogP contribution is 2.04. The van der Waals surface area contributed by atoms with E-state index in [1.54, 1.807) is 6.92 Å². The molecule has 0 atom stereocenters. The van der Waals surface area contributed by atoms with E-state index in [9.17, 15) is 9.59 Å². The SMILES string of the molecule is C=C(C)C(=O)C(=C)C(=O)OCCCN(CC)CC. The van der Waals surface area contributed by atoms with Crippen molar-refractivity contribution in [2.45, 2.75) is 27.2 Å². The minimum Gasteiger partial charge on any atom is -0.462 e. The standard InChI is InChI=1S/C14H23NO3/c1-6-15(7-2)9-8-10-18-14(17)12(5)13(16)11(3)4/h3,5-10H2,1-2,4H3. The highest BCUT2D eigenvalue weighted by Gasteiger charge is 2.17. The van der Waals surface area contributed by atoms with Crippen molar-refractivity contribution in [1.82, 2.24) is 4.90 Å². The van der Waals surface area contributed by atoms with E-state index in [-0.39, 0.29) is 5.57 Å². The Hall–Kier alpha value is -1.42. The van der Waals surface area contributed by atoms with Crippen molar-refractivity contribution in [3.05, 3.63) is 24.3 Å². The Labute approximate surface area is 109 Å². The van der Waals surface area contributed by atoms with Gasteiger partial charge in [0.25, 0.3) is 0 Å². The number of nitrogens with zero attached hydrogens (tertiary/aromatic N) is 1. The highest BCUT2D eigenvalue weighted by atomic mass is 16.5. The molecule has 0 amide bonds. The first-order valence-electron chi connectivity index (χ1n) is 6.22. The number of ether oxygens (including phenoxy) is 1. The molecule has 18 heavy (non-hydrogen) atoms. The number of hydrogen-bond acceptors (Lipinski definition) is 4. The van der Waals surface area contributed by atoms with Crippen LogP contribution in [0, 0.1) is 0 Å². The summed E-state index contributed by atoms with van der Waals surface area (Å²) in [4.78, 5) is 25.1. The van der Waals surface area contributed by atoms with E-state index in [1.165, 1.54) is 0 Å². The highest BCUT2D eigenvalue weighted by molar-refractivity contribution is 6.23. The van der Waals surface area contributed by atoms with E-state index >= 15 is 0 Å². The van der Waals surface area contributed by atoms with E-state index < -0.39 is 11.8 Å². The van der Waals surface area contributed by atoms with Crippen LogP contribution in [-0.4, -0.2) is 42.9 Å². The van der Waals surface area contributed by atoms with Crippen LogP contribution >= 0.6 is 0 Å². The number of allylic oxidation sites excluding steroid dienone is 1. The normalized spacial score (nSPS) is 10.2. The molecule has 0 bridgehead atoms. The Morgan fingerprint density at radius 2 is 1.72 bits per heavy atom. The maximum absolute atomic E-state index is 11.5. The van der Waals surface area contributed by atoms with Crippen LogP contribution in [0.4, 0.5) is 0 Å². The van der Waals surface area contributed by atoms with Crippen molar-refractivity contribution in [2.75, 3.05) is 26.2 Å². The first kappa shape index (κ1) is 16.6. The summed E-state index contributed by atoms with van der Waals surface area (Å²) in [7, 11) is 0. The zero-order valence-corrected chi connectivity index (χ0v) is 11.6. The number of Topliss-reactive ketones (excluding diaryl/α,β-unsaturated/α-hetero) is 1. The molecule has 0 saturated heterocycles. The fourth-order valence-electron chi connectivity index (χ4n) is 1.43. The summed E-state index contributed by atoms with van der Waals surface area (Å²) in [5, 5.41) is 0. The van der Waals surface area contributed by atoms with Crippen molar-refractivity contribution in [3.8, 4) is 0 Å². The van der Waals surface area contributed by atoms with Crippen molar-refractivity contribution >= 4 is 11.8 Å². The Balaban J connectivity index is 3.94. The summed E-state index contributed by atoms with van der Waals surface area (Å²) < 4.78 is 4.99. The number of carbonyl (C=O) groups excluding carboxylic acids is 2. The number of esters is 1. The van der Waals surface area contributed by atoms with Gasteiger partial charge in [0, 0.05) is 6.54 Å². The minimum absolute atomic E-state index is 0.148. The van der Waals surface area contributed by atoms with Crippen LogP contribution < -0.4 is 0 Å². The molecule has 0 fully saturated rings. The molecule has 0 N–H and O–H groups in total. The molecule has 0 aliphatic rings. The van der Waals surface area contributed by atoms with Crippen molar-refractivity contribution < 1.29 is 14.3 Å². The number of hydrogen-bond donors (Lipinski definition) is 0. The molecule has 0 unspecified atom stereocenters. The predicted octanol–water partition coefficient (Wildman–Crippen LogP) is 1.96. The van der Waals surface area contributed by atoms with Crippen molar-refractivity contribution in [3.63, 3.8) is 0 Å². The van der Waals surface area contributed by atoms with Gasteiger partial charge in [0.05, 0.1) is 12.2 Å². The number of carbonyl (C=O) groups is 2. The van der Waals surface area contributed by atoms with Gasteiger partial charge in [0.15, 0.2) is 5.78 Å². The lowest BCUT2D eigenvalue weighted by molar-refractivity contribution is -0.140. The summed E-state index contributed by atoms with van der Waals surface area (Å²) in [6.07, 6.45) is 0.752. The Bertz CT molecular complexity index is 330. The third-order valence-electron chi connectivity index (χ3n) is 2.65. The molecule has 4 nitrogen and oxygen atoms in total. The van der Waals surface area contributed by atoms with Crippen LogP contribution in [0.25, 0.3) is 0 Å². The molecular formula is C14H23NO3. The third kappa shape index (κ3) is 5.77. The van der Waals surface area contributed by atoms with Gasteiger partial charge in [-0.3, -0.25) is 4.79 Å². The van der Waals surface area contributed by atoms with Gasteiger partial charge in [-0.05, 0) is 32.0 Å². The zero-order valence-electron chi connectivity index (χ0n) is 11.6. The monoisotopic (exact) mass is 253 g/mol. The Morgan fingerprint density at radius 1 is 1.17 bits per heavy atom. The number of ketones is 1. The molecular weight excluding hydrogens is 230 g/mol. The molecule has 0 rings (SSSR count). The number of rotatable bonds is 9. The molecule has 0 radical (unpaired) electrons. The molecule has 4 heteroatoms. The largest absolute Gasteiger partial charge is 0.462 e. The summed E-state index contributed by atoms with van der Waals surface area (Å²) in [5.41, 5.74) is 0.144. The zero-order chi connectivity index (χ0) is 14.1. The van der Waals surface area contributed by atoms with Crippen LogP contribution in [0.1, 0.15) is 27.2 Å². The lowest BCUT2D eigenvalue weighted by Gasteiger charge is -2.17. The molecule has 0 aliphatic heterocycles. The van der Waals surface area contributed by atoms with Gasteiger partial charge in [-0.15, -0.1) is 0 Å². The van der Waals surface area contributed by atoms with Crippen molar-refractivity contribution in [2.24, 2.45) is 0 Å². The van der Waals surface area contributed by atoms with Crippen molar-refractivity contribution in [1.29, 1.82) is 0 Å². The molecule has 0 aliphatic carbocycles. The first-order valence-corrected chi connectivity index (χ1v) is 6.22. The molecule has 0 saturated carbocycles. The molecule has 102 valence electrons. The van der Waals surface area contributed by atoms with Gasteiger partial charge in [-0.25, -0.2) is 4.79 Å². The van der Waals surface area contributed by atoms with Gasteiger partial charge in [-0.1, -0.05) is 27.0 Å². The molecule has 0 spiro atoms. The summed E-state index contributed by atoms with van der Waals surface area (Å²) in [5.74, 6) is -1.09.